The number of ether oxygens (including phenoxy) is 1. The van der Waals surface area contributed by atoms with Crippen molar-refractivity contribution in [2.75, 3.05) is 13.2 Å². The van der Waals surface area contributed by atoms with E-state index in [4.69, 9.17) is 10.5 Å². The van der Waals surface area contributed by atoms with Crippen LogP contribution in [-0.4, -0.2) is 18.8 Å². The minimum Gasteiger partial charge on any atom is -0.379 e. The second-order valence-electron chi connectivity index (χ2n) is 2.65. The molecular formula is C5H9NO. The third-order valence-electron chi connectivity index (χ3n) is 1.97. The van der Waals surface area contributed by atoms with Gasteiger partial charge in [-0.15, -0.1) is 0 Å². The number of hydrogen-bond acceptors (Lipinski definition) is 2. The predicted octanol–water partition coefficient (Wildman–Crippen LogP) is -0.266. The number of fused-ring (bicyclic) bond motifs is 1. The summed E-state index contributed by atoms with van der Waals surface area (Å²) in [5.74, 6) is 0.715. The molecule has 7 heavy (non-hydrogen) atoms. The zero-order valence-corrected chi connectivity index (χ0v) is 4.18. The molecule has 0 aromatic heterocycles. The van der Waals surface area contributed by atoms with Crippen LogP contribution in [0.2, 0.25) is 0 Å². The van der Waals surface area contributed by atoms with Crippen molar-refractivity contribution in [3.8, 4) is 0 Å². The van der Waals surface area contributed by atoms with E-state index in [9.17, 15) is 0 Å². The minimum absolute atomic E-state index is 0.139. The van der Waals surface area contributed by atoms with Gasteiger partial charge in [-0.2, -0.15) is 0 Å². The third-order valence-corrected chi connectivity index (χ3v) is 1.97. The Morgan fingerprint density at radius 2 is 2.57 bits per heavy atom. The van der Waals surface area contributed by atoms with Gasteiger partial charge in [0.1, 0.15) is 0 Å². The van der Waals surface area contributed by atoms with Crippen molar-refractivity contribution in [3.63, 3.8) is 0 Å². The highest BCUT2D eigenvalue weighted by Crippen LogP contribution is 2.45. The zero-order valence-electron chi connectivity index (χ0n) is 4.18. The Morgan fingerprint density at radius 3 is 2.71 bits per heavy atom. The minimum atomic E-state index is 0.139. The summed E-state index contributed by atoms with van der Waals surface area (Å²) < 4.78 is 5.08. The molecule has 1 heterocycles. The first kappa shape index (κ1) is 3.87. The second kappa shape index (κ2) is 0.858. The summed E-state index contributed by atoms with van der Waals surface area (Å²) in [4.78, 5) is 0. The van der Waals surface area contributed by atoms with Gasteiger partial charge in [0.05, 0.1) is 13.2 Å². The number of nitrogens with two attached hydrogens (primary N) is 1. The lowest BCUT2D eigenvalue weighted by atomic mass is 10.3. The summed E-state index contributed by atoms with van der Waals surface area (Å²) >= 11 is 0. The van der Waals surface area contributed by atoms with E-state index in [1.165, 1.54) is 6.42 Å². The van der Waals surface area contributed by atoms with Gasteiger partial charge in [-0.05, 0) is 6.42 Å². The summed E-state index contributed by atoms with van der Waals surface area (Å²) in [6, 6.07) is 0. The molecule has 2 fully saturated rings. The normalized spacial score (nSPS) is 57.0. The summed E-state index contributed by atoms with van der Waals surface area (Å²) in [7, 11) is 0. The van der Waals surface area contributed by atoms with Crippen LogP contribution in [0.5, 0.6) is 0 Å². The zero-order chi connectivity index (χ0) is 4.91. The molecule has 1 saturated carbocycles. The Labute approximate surface area is 42.6 Å². The van der Waals surface area contributed by atoms with Gasteiger partial charge < -0.3 is 10.5 Å². The fourth-order valence-corrected chi connectivity index (χ4v) is 1.19. The van der Waals surface area contributed by atoms with Crippen LogP contribution in [0, 0.1) is 5.92 Å². The highest BCUT2D eigenvalue weighted by molar-refractivity contribution is 5.11. The smallest absolute Gasteiger partial charge is 0.0650 e. The monoisotopic (exact) mass is 99.1 g/mol. The van der Waals surface area contributed by atoms with Crippen molar-refractivity contribution in [3.05, 3.63) is 0 Å². The molecule has 1 aliphatic carbocycles. The highest BCUT2D eigenvalue weighted by atomic mass is 16.5. The predicted molar refractivity (Wildman–Crippen MR) is 25.8 cm³/mol. The topological polar surface area (TPSA) is 35.2 Å². The average Bonchev–Trinajstić information content (AvgIpc) is 2.09. The van der Waals surface area contributed by atoms with E-state index in [0.29, 0.717) is 5.92 Å². The lowest BCUT2D eigenvalue weighted by molar-refractivity contribution is 0.161. The van der Waals surface area contributed by atoms with Gasteiger partial charge in [0.2, 0.25) is 0 Å². The highest BCUT2D eigenvalue weighted by Gasteiger charge is 2.55. The maximum absolute atomic E-state index is 5.73. The van der Waals surface area contributed by atoms with Crippen molar-refractivity contribution in [2.24, 2.45) is 11.7 Å². The van der Waals surface area contributed by atoms with Crippen LogP contribution >= 0.6 is 0 Å². The Bertz CT molecular complexity index is 102. The van der Waals surface area contributed by atoms with Crippen LogP contribution in [0.15, 0.2) is 0 Å². The molecule has 0 radical (unpaired) electrons. The first-order valence-electron chi connectivity index (χ1n) is 2.68. The molecule has 1 aliphatic heterocycles. The largest absolute Gasteiger partial charge is 0.379 e. The van der Waals surface area contributed by atoms with E-state index >= 15 is 0 Å². The standard InChI is InChI=1S/C5H9NO/c6-5-1-4(5)2-7-3-5/h4H,1-3,6H2/t4-,5+/m1/s1. The molecule has 2 rings (SSSR count). The van der Waals surface area contributed by atoms with Crippen molar-refractivity contribution < 1.29 is 4.74 Å². The molecule has 2 heteroatoms. The van der Waals surface area contributed by atoms with Crippen molar-refractivity contribution in [1.82, 2.24) is 0 Å². The number of rotatable bonds is 0. The first-order valence-corrected chi connectivity index (χ1v) is 2.68. The van der Waals surface area contributed by atoms with Gasteiger partial charge in [0.15, 0.2) is 0 Å². The SMILES string of the molecule is N[C@@]12COC[C@H]1C2. The van der Waals surface area contributed by atoms with Crippen LogP contribution in [0.25, 0.3) is 0 Å². The molecule has 2 atom stereocenters. The fraction of sp³-hybridized carbons (Fsp3) is 1.00. The Morgan fingerprint density at radius 1 is 1.71 bits per heavy atom. The average molecular weight is 99.1 g/mol. The van der Waals surface area contributed by atoms with Gasteiger partial charge in [-0.3, -0.25) is 0 Å². The number of hydrogen-bond donors (Lipinski definition) is 1. The molecule has 0 bridgehead atoms. The van der Waals surface area contributed by atoms with Crippen LogP contribution in [0.4, 0.5) is 0 Å². The lowest BCUT2D eigenvalue weighted by Gasteiger charge is -1.97. The van der Waals surface area contributed by atoms with Crippen molar-refractivity contribution in [1.29, 1.82) is 0 Å². The fourth-order valence-electron chi connectivity index (χ4n) is 1.19. The van der Waals surface area contributed by atoms with Gasteiger partial charge in [-0.1, -0.05) is 0 Å². The van der Waals surface area contributed by atoms with Crippen molar-refractivity contribution in [2.45, 2.75) is 12.0 Å². The summed E-state index contributed by atoms with van der Waals surface area (Å²) in [6.07, 6.45) is 1.20. The van der Waals surface area contributed by atoms with Crippen LogP contribution in [-0.2, 0) is 4.74 Å². The van der Waals surface area contributed by atoms with Crippen LogP contribution in [0.1, 0.15) is 6.42 Å². The maximum atomic E-state index is 5.73. The van der Waals surface area contributed by atoms with E-state index < -0.39 is 0 Å². The molecule has 0 amide bonds. The summed E-state index contributed by atoms with van der Waals surface area (Å²) in [5, 5.41) is 0. The van der Waals surface area contributed by atoms with E-state index in [2.05, 4.69) is 0 Å². The van der Waals surface area contributed by atoms with E-state index in [0.717, 1.165) is 13.2 Å². The van der Waals surface area contributed by atoms with Gasteiger partial charge >= 0.3 is 0 Å². The molecule has 2 nitrogen and oxygen atoms in total. The first-order chi connectivity index (χ1) is 3.31. The Hall–Kier alpha value is -0.0800. The van der Waals surface area contributed by atoms with E-state index in [-0.39, 0.29) is 5.54 Å². The summed E-state index contributed by atoms with van der Waals surface area (Å²) in [6.45, 7) is 1.72. The molecule has 0 spiro atoms. The molecule has 0 unspecified atom stereocenters. The van der Waals surface area contributed by atoms with Crippen LogP contribution in [0.3, 0.4) is 0 Å². The molecule has 40 valence electrons. The maximum Gasteiger partial charge on any atom is 0.0650 e. The summed E-state index contributed by atoms with van der Waals surface area (Å²) in [5.41, 5.74) is 5.87. The molecule has 0 aromatic carbocycles. The molecule has 0 aromatic rings. The van der Waals surface area contributed by atoms with E-state index in [1.807, 2.05) is 0 Å². The van der Waals surface area contributed by atoms with Crippen LogP contribution < -0.4 is 5.73 Å². The molecule has 2 N–H and O–H groups in total. The Kier molecular flexibility index (Phi) is 0.474. The second-order valence-corrected chi connectivity index (χ2v) is 2.65. The van der Waals surface area contributed by atoms with Gasteiger partial charge in [-0.25, -0.2) is 0 Å². The van der Waals surface area contributed by atoms with Gasteiger partial charge in [0, 0.05) is 11.5 Å². The lowest BCUT2D eigenvalue weighted by Crippen LogP contribution is -2.25. The third kappa shape index (κ3) is 0.359. The molecular weight excluding hydrogens is 90.1 g/mol. The van der Waals surface area contributed by atoms with Gasteiger partial charge in [0.25, 0.3) is 0 Å². The molecule has 1 saturated heterocycles. The van der Waals surface area contributed by atoms with E-state index in [1.54, 1.807) is 0 Å². The Balaban J connectivity index is 2.17. The van der Waals surface area contributed by atoms with Crippen molar-refractivity contribution >= 4 is 0 Å². The molecule has 2 aliphatic rings. The quantitative estimate of drug-likeness (QED) is 0.454.